The lowest BCUT2D eigenvalue weighted by Crippen LogP contribution is -2.62. The summed E-state index contributed by atoms with van der Waals surface area (Å²) in [5, 5.41) is 0. The smallest absolute Gasteiger partial charge is 0.252 e. The van der Waals surface area contributed by atoms with Gasteiger partial charge in [-0.05, 0) is 242 Å². The zero-order chi connectivity index (χ0) is 66.7. The van der Waals surface area contributed by atoms with Crippen LogP contribution >= 0.6 is 0 Å². The average Bonchev–Trinajstić information content (AvgIpc) is 1.67. The summed E-state index contributed by atoms with van der Waals surface area (Å²) in [7, 11) is 0. The van der Waals surface area contributed by atoms with Gasteiger partial charge in [0.25, 0.3) is 6.71 Å². The summed E-state index contributed by atoms with van der Waals surface area (Å²) in [6.07, 6.45) is 6.70. The summed E-state index contributed by atoms with van der Waals surface area (Å²) in [5.41, 5.74) is 33.3. The quantitative estimate of drug-likeness (QED) is 0.141. The molecule has 15 rings (SSSR count). The molecule has 5 heteroatoms. The Morgan fingerprint density at radius 1 is 0.389 bits per heavy atom. The van der Waals surface area contributed by atoms with Crippen molar-refractivity contribution in [3.8, 4) is 22.3 Å². The number of hydrogen-bond donors (Lipinski definition) is 0. The summed E-state index contributed by atoms with van der Waals surface area (Å²) >= 11 is 0. The van der Waals surface area contributed by atoms with Crippen LogP contribution in [0.2, 0.25) is 0 Å². The monoisotopic (exact) mass is 1240 g/mol. The molecule has 10 aromatic carbocycles. The number of benzene rings is 10. The first-order valence-electron chi connectivity index (χ1n) is 35.4. The van der Waals surface area contributed by atoms with E-state index in [9.17, 15) is 0 Å². The lowest BCUT2D eigenvalue weighted by Gasteiger charge is -2.51. The van der Waals surface area contributed by atoms with Gasteiger partial charge < -0.3 is 19.6 Å². The van der Waals surface area contributed by atoms with Crippen molar-refractivity contribution in [1.29, 1.82) is 0 Å². The molecular weight excluding hydrogens is 1150 g/mol. The zero-order valence-electron chi connectivity index (χ0n) is 59.7. The Morgan fingerprint density at radius 3 is 1.35 bits per heavy atom. The molecule has 0 aromatic heterocycles. The second-order valence-corrected chi connectivity index (χ2v) is 34.2. The molecule has 1 saturated carbocycles. The zero-order valence-corrected chi connectivity index (χ0v) is 59.7. The van der Waals surface area contributed by atoms with Crippen LogP contribution in [0, 0.1) is 12.3 Å². The summed E-state index contributed by atoms with van der Waals surface area (Å²) in [4.78, 5) is 10.7. The van der Waals surface area contributed by atoms with E-state index in [1.807, 2.05) is 0 Å². The molecule has 0 N–H and O–H groups in total. The molecule has 3 aliphatic heterocycles. The van der Waals surface area contributed by atoms with Gasteiger partial charge in [0, 0.05) is 67.7 Å². The van der Waals surface area contributed by atoms with Crippen LogP contribution in [-0.4, -0.2) is 12.3 Å². The van der Waals surface area contributed by atoms with E-state index in [-0.39, 0.29) is 44.7 Å². The van der Waals surface area contributed by atoms with Gasteiger partial charge >= 0.3 is 0 Å². The molecule has 2 atom stereocenters. The first-order valence-corrected chi connectivity index (χ1v) is 35.4. The highest BCUT2D eigenvalue weighted by Gasteiger charge is 2.58. The third kappa shape index (κ3) is 10.4. The SMILES string of the molecule is Cc1cc2c3c(c1)N(c1ccc(C(C)(C)C)cc1-c1ccccc1)c1cc4c(cc1B3c1cc(N3c5ccc(N(c6ccc(C(C)(C)C)cc6)c6ccc(C(C)(C)C)cc6)cc5C5(C)CCCCC35C)ccc1N2c1ccc(C(C)(C)C)cc1-c1ccccc1)CC(C)(C)C4. The van der Waals surface area contributed by atoms with Gasteiger partial charge in [0.2, 0.25) is 0 Å². The van der Waals surface area contributed by atoms with Crippen molar-refractivity contribution >= 4 is 85.7 Å². The number of anilines is 11. The van der Waals surface area contributed by atoms with Crippen molar-refractivity contribution in [2.24, 2.45) is 5.41 Å². The van der Waals surface area contributed by atoms with E-state index in [0.29, 0.717) is 0 Å². The van der Waals surface area contributed by atoms with Gasteiger partial charge in [0.1, 0.15) is 0 Å². The summed E-state index contributed by atoms with van der Waals surface area (Å²) in [5.74, 6) is 0. The third-order valence-corrected chi connectivity index (χ3v) is 22.8. The Balaban J connectivity index is 0.989. The maximum absolute atomic E-state index is 2.83. The van der Waals surface area contributed by atoms with Gasteiger partial charge in [-0.15, -0.1) is 0 Å². The van der Waals surface area contributed by atoms with Gasteiger partial charge in [-0.25, -0.2) is 0 Å². The van der Waals surface area contributed by atoms with Gasteiger partial charge in [-0.1, -0.05) is 220 Å². The Morgan fingerprint density at radius 2 is 0.832 bits per heavy atom. The van der Waals surface area contributed by atoms with E-state index in [4.69, 9.17) is 0 Å². The number of fused-ring (bicyclic) bond motifs is 8. The van der Waals surface area contributed by atoms with Crippen LogP contribution in [0.5, 0.6) is 0 Å². The van der Waals surface area contributed by atoms with Gasteiger partial charge in [-0.2, -0.15) is 0 Å². The molecule has 4 nitrogen and oxygen atoms in total. The van der Waals surface area contributed by atoms with Crippen molar-refractivity contribution in [2.45, 2.75) is 189 Å². The molecule has 0 radical (unpaired) electrons. The predicted molar refractivity (Wildman–Crippen MR) is 410 cm³/mol. The van der Waals surface area contributed by atoms with E-state index >= 15 is 0 Å². The lowest BCUT2D eigenvalue weighted by atomic mass is 9.33. The second-order valence-electron chi connectivity index (χ2n) is 34.2. The molecule has 0 amide bonds. The highest BCUT2D eigenvalue weighted by atomic mass is 15.3. The standard InChI is InChI=1S/C90H97BN4/c1-58-48-81-83-82(49-58)94(77-43-35-66(87(11,12)13)53-72(77)60-28-22-19-23-29-60)80-51-62-57-88(14,15)56-61(62)50-74(80)91(83)75-55-70(41-45-79(75)93(81)76-42-34-65(86(8,9)10)52-71(76)59-26-20-18-21-27-59)95-78-44-40-69(54-73(78)89(16)46-24-25-47-90(89,95)17)92(67-36-30-63(31-37-67)84(2,3)4)68-38-32-64(33-39-68)85(5,6)7/h18-23,26-45,48-55H,24-25,46-47,56-57H2,1-17H3. The van der Waals surface area contributed by atoms with Crippen LogP contribution in [0.3, 0.4) is 0 Å². The maximum atomic E-state index is 2.83. The van der Waals surface area contributed by atoms with Gasteiger partial charge in [0.15, 0.2) is 0 Å². The highest BCUT2D eigenvalue weighted by Crippen LogP contribution is 2.62. The van der Waals surface area contributed by atoms with E-state index in [1.165, 1.54) is 159 Å². The lowest BCUT2D eigenvalue weighted by molar-refractivity contribution is 0.195. The minimum atomic E-state index is -0.216. The highest BCUT2D eigenvalue weighted by molar-refractivity contribution is 7.00. The minimum Gasteiger partial charge on any atom is -0.334 e. The van der Waals surface area contributed by atoms with Crippen molar-refractivity contribution in [1.82, 2.24) is 0 Å². The molecule has 10 aromatic rings. The van der Waals surface area contributed by atoms with Gasteiger partial charge in [-0.3, -0.25) is 0 Å². The first kappa shape index (κ1) is 62.6. The number of nitrogens with zero attached hydrogens (tertiary/aromatic N) is 4. The normalized spacial score (nSPS) is 18.6. The fraction of sp³-hybridized carbons (Fsp3) is 0.333. The van der Waals surface area contributed by atoms with Crippen LogP contribution in [0.15, 0.2) is 206 Å². The molecule has 2 aliphatic carbocycles. The number of aryl methyl sites for hydroxylation is 1. The molecule has 5 aliphatic rings. The van der Waals surface area contributed by atoms with E-state index < -0.39 is 0 Å². The summed E-state index contributed by atoms with van der Waals surface area (Å²) in [6, 6.07) is 81.4. The Kier molecular flexibility index (Phi) is 14.5. The van der Waals surface area contributed by atoms with Crippen molar-refractivity contribution < 1.29 is 0 Å². The molecule has 0 bridgehead atoms. The van der Waals surface area contributed by atoms with Gasteiger partial charge in [0.05, 0.1) is 16.9 Å². The largest absolute Gasteiger partial charge is 0.334 e. The maximum Gasteiger partial charge on any atom is 0.252 e. The summed E-state index contributed by atoms with van der Waals surface area (Å²) in [6.45, 7) is 40.4. The van der Waals surface area contributed by atoms with E-state index in [1.54, 1.807) is 0 Å². The molecule has 1 fully saturated rings. The summed E-state index contributed by atoms with van der Waals surface area (Å²) < 4.78 is 0. The molecule has 480 valence electrons. The van der Waals surface area contributed by atoms with Crippen molar-refractivity contribution in [3.05, 3.63) is 251 Å². The topological polar surface area (TPSA) is 13.0 Å². The van der Waals surface area contributed by atoms with Crippen LogP contribution in [0.25, 0.3) is 22.3 Å². The molecule has 2 unspecified atom stereocenters. The molecule has 3 heterocycles. The van der Waals surface area contributed by atoms with Crippen LogP contribution in [-0.2, 0) is 39.9 Å². The van der Waals surface area contributed by atoms with Crippen LogP contribution < -0.4 is 36.0 Å². The second kappa shape index (κ2) is 22.0. The number of hydrogen-bond acceptors (Lipinski definition) is 4. The first-order chi connectivity index (χ1) is 45.0. The fourth-order valence-corrected chi connectivity index (χ4v) is 17.4. The van der Waals surface area contributed by atoms with E-state index in [2.05, 4.69) is 344 Å². The van der Waals surface area contributed by atoms with Crippen LogP contribution in [0.4, 0.5) is 62.6 Å². The Bertz CT molecular complexity index is 4610. The Labute approximate surface area is 569 Å². The van der Waals surface area contributed by atoms with Crippen molar-refractivity contribution in [2.75, 3.05) is 19.6 Å². The Hall–Kier alpha value is -8.54. The van der Waals surface area contributed by atoms with Crippen molar-refractivity contribution in [3.63, 3.8) is 0 Å². The molecule has 0 spiro atoms. The third-order valence-electron chi connectivity index (χ3n) is 22.8. The molecule has 0 saturated heterocycles. The predicted octanol–water partition coefficient (Wildman–Crippen LogP) is 22.9. The minimum absolute atomic E-state index is 0.0424. The van der Waals surface area contributed by atoms with E-state index in [0.717, 1.165) is 25.7 Å². The molecular formula is C90H97BN4. The average molecular weight is 1250 g/mol. The number of rotatable bonds is 8. The fourth-order valence-electron chi connectivity index (χ4n) is 17.4. The van der Waals surface area contributed by atoms with Crippen LogP contribution in [0.1, 0.15) is 181 Å². The molecule has 95 heavy (non-hydrogen) atoms.